The van der Waals surface area contributed by atoms with Gasteiger partial charge in [-0.2, -0.15) is 4.58 Å². The van der Waals surface area contributed by atoms with Gasteiger partial charge in [0.05, 0.1) is 45.4 Å². The van der Waals surface area contributed by atoms with Crippen LogP contribution in [0.2, 0.25) is 0 Å². The lowest BCUT2D eigenvalue weighted by molar-refractivity contribution is -0.438. The summed E-state index contributed by atoms with van der Waals surface area (Å²) in [6, 6.07) is 3.17. The minimum Gasteiger partial charge on any atom is -0.748 e. The second-order valence-electron chi connectivity index (χ2n) is 8.17. The van der Waals surface area contributed by atoms with Crippen LogP contribution in [0, 0.1) is 0 Å². The SMILES string of the molecule is CCCOC(=O)c1cc(C(=O)OCCC)c2c(c1)[N+](CCCS(=O)(=O)[O-])=C(C)C2(C)C. The Balaban J connectivity index is 2.58. The van der Waals surface area contributed by atoms with Gasteiger partial charge in [0.2, 0.25) is 5.69 Å². The van der Waals surface area contributed by atoms with Crippen LogP contribution >= 0.6 is 0 Å². The number of benzene rings is 1. The summed E-state index contributed by atoms with van der Waals surface area (Å²) in [6.07, 6.45) is 1.45. The van der Waals surface area contributed by atoms with Crippen LogP contribution in [0.15, 0.2) is 12.1 Å². The molecule has 9 heteroatoms. The van der Waals surface area contributed by atoms with Gasteiger partial charge in [0, 0.05) is 25.2 Å². The maximum atomic E-state index is 12.9. The first-order chi connectivity index (χ1) is 14.4. The molecule has 0 saturated heterocycles. The Morgan fingerprint density at radius 1 is 1.06 bits per heavy atom. The number of ether oxygens (including phenoxy) is 2. The number of nitrogens with zero attached hydrogens (tertiary/aromatic N) is 1. The number of rotatable bonds is 10. The van der Waals surface area contributed by atoms with Crippen molar-refractivity contribution in [3.05, 3.63) is 28.8 Å². The number of carbonyl (C=O) groups is 2. The van der Waals surface area contributed by atoms with Gasteiger partial charge < -0.3 is 14.0 Å². The maximum Gasteiger partial charge on any atom is 0.338 e. The Morgan fingerprint density at radius 3 is 2.19 bits per heavy atom. The van der Waals surface area contributed by atoms with Crippen LogP contribution < -0.4 is 0 Å². The van der Waals surface area contributed by atoms with E-state index in [0.29, 0.717) is 24.1 Å². The molecule has 1 heterocycles. The molecule has 8 nitrogen and oxygen atoms in total. The standard InChI is InChI=1S/C22H31NO7S/c1-6-10-29-20(24)16-13-17(21(25)30-11-7-2)19-18(14-16)23(15(3)22(19,4)5)9-8-12-31(26,27)28/h13-14H,6-12H2,1-5H3. The largest absolute Gasteiger partial charge is 0.748 e. The van der Waals surface area contributed by atoms with Gasteiger partial charge in [0.25, 0.3) is 0 Å². The minimum atomic E-state index is -4.34. The van der Waals surface area contributed by atoms with Gasteiger partial charge in [0.1, 0.15) is 6.54 Å². The third-order valence-corrected chi connectivity index (χ3v) is 6.24. The molecule has 1 aliphatic heterocycles. The molecule has 0 radical (unpaired) electrons. The number of esters is 2. The molecule has 0 N–H and O–H groups in total. The van der Waals surface area contributed by atoms with E-state index in [1.807, 2.05) is 39.2 Å². The Labute approximate surface area is 184 Å². The van der Waals surface area contributed by atoms with Crippen LogP contribution in [0.1, 0.15) is 80.2 Å². The van der Waals surface area contributed by atoms with E-state index in [0.717, 1.165) is 5.71 Å². The summed E-state index contributed by atoms with van der Waals surface area (Å²) in [5.74, 6) is -1.55. The Hall–Kier alpha value is -2.26. The lowest BCUT2D eigenvalue weighted by atomic mass is 9.79. The zero-order chi connectivity index (χ0) is 23.4. The van der Waals surface area contributed by atoms with Crippen molar-refractivity contribution >= 4 is 33.5 Å². The van der Waals surface area contributed by atoms with Gasteiger partial charge in [-0.15, -0.1) is 0 Å². The van der Waals surface area contributed by atoms with Gasteiger partial charge >= 0.3 is 11.9 Å². The summed E-state index contributed by atoms with van der Waals surface area (Å²) in [6.45, 7) is 10.4. The number of hydrogen-bond acceptors (Lipinski definition) is 7. The van der Waals surface area contributed by atoms with Crippen LogP contribution in [0.3, 0.4) is 0 Å². The molecule has 1 aromatic rings. The van der Waals surface area contributed by atoms with E-state index in [9.17, 15) is 22.6 Å². The van der Waals surface area contributed by atoms with Gasteiger partial charge in [0.15, 0.2) is 5.71 Å². The van der Waals surface area contributed by atoms with Gasteiger partial charge in [-0.05, 0) is 32.8 Å². The first kappa shape index (κ1) is 25.0. The Bertz CT molecular complexity index is 993. The Morgan fingerprint density at radius 2 is 1.65 bits per heavy atom. The Kier molecular flexibility index (Phi) is 7.99. The first-order valence-electron chi connectivity index (χ1n) is 10.5. The molecule has 172 valence electrons. The molecular weight excluding hydrogens is 422 g/mol. The molecular formula is C22H31NO7S. The monoisotopic (exact) mass is 453 g/mol. The van der Waals surface area contributed by atoms with E-state index in [1.54, 1.807) is 6.07 Å². The van der Waals surface area contributed by atoms with Crippen molar-refractivity contribution < 1.29 is 36.6 Å². The second-order valence-corrected chi connectivity index (χ2v) is 9.69. The summed E-state index contributed by atoms with van der Waals surface area (Å²) >= 11 is 0. The van der Waals surface area contributed by atoms with Gasteiger partial charge in [-0.25, -0.2) is 18.0 Å². The zero-order valence-electron chi connectivity index (χ0n) is 18.8. The molecule has 0 atom stereocenters. The van der Waals surface area contributed by atoms with E-state index < -0.39 is 33.2 Å². The molecule has 0 aromatic heterocycles. The van der Waals surface area contributed by atoms with Crippen molar-refractivity contribution in [2.45, 2.75) is 59.3 Å². The topological polar surface area (TPSA) is 113 Å². The van der Waals surface area contributed by atoms with Crippen molar-refractivity contribution in [2.24, 2.45) is 0 Å². The molecule has 0 fully saturated rings. The van der Waals surface area contributed by atoms with E-state index in [1.165, 1.54) is 6.07 Å². The highest BCUT2D eigenvalue weighted by Crippen LogP contribution is 2.43. The highest BCUT2D eigenvalue weighted by molar-refractivity contribution is 7.85. The highest BCUT2D eigenvalue weighted by Gasteiger charge is 2.46. The lowest BCUT2D eigenvalue weighted by Crippen LogP contribution is -2.28. The fraction of sp³-hybridized carbons (Fsp3) is 0.591. The molecule has 0 spiro atoms. The number of hydrogen-bond donors (Lipinski definition) is 0. The van der Waals surface area contributed by atoms with Crippen LogP contribution in [0.5, 0.6) is 0 Å². The van der Waals surface area contributed by atoms with Crippen molar-refractivity contribution in [1.82, 2.24) is 0 Å². The molecule has 0 amide bonds. The van der Waals surface area contributed by atoms with E-state index in [-0.39, 0.29) is 37.3 Å². The third kappa shape index (κ3) is 5.71. The molecule has 0 unspecified atom stereocenters. The first-order valence-corrected chi connectivity index (χ1v) is 12.1. The second kappa shape index (κ2) is 9.91. The number of carbonyl (C=O) groups excluding carboxylic acids is 2. The molecule has 1 aliphatic rings. The fourth-order valence-electron chi connectivity index (χ4n) is 3.71. The molecule has 31 heavy (non-hydrogen) atoms. The summed E-state index contributed by atoms with van der Waals surface area (Å²) in [5.41, 5.74) is 2.18. The summed E-state index contributed by atoms with van der Waals surface area (Å²) < 4.78 is 45.6. The fourth-order valence-corrected chi connectivity index (χ4v) is 4.20. The predicted molar refractivity (Wildman–Crippen MR) is 115 cm³/mol. The summed E-state index contributed by atoms with van der Waals surface area (Å²) in [7, 11) is -4.34. The molecule has 0 aliphatic carbocycles. The number of fused-ring (bicyclic) bond motifs is 1. The molecule has 0 bridgehead atoms. The van der Waals surface area contributed by atoms with Crippen molar-refractivity contribution in [3.63, 3.8) is 0 Å². The van der Waals surface area contributed by atoms with Gasteiger partial charge in [-0.1, -0.05) is 13.8 Å². The molecule has 2 rings (SSSR count). The van der Waals surface area contributed by atoms with Crippen molar-refractivity contribution in [3.8, 4) is 0 Å². The minimum absolute atomic E-state index is 0.124. The molecule has 1 aromatic carbocycles. The highest BCUT2D eigenvalue weighted by atomic mass is 32.2. The van der Waals surface area contributed by atoms with Crippen LogP contribution in [-0.4, -0.2) is 60.7 Å². The zero-order valence-corrected chi connectivity index (χ0v) is 19.6. The average molecular weight is 454 g/mol. The predicted octanol–water partition coefficient (Wildman–Crippen LogP) is 3.15. The van der Waals surface area contributed by atoms with Crippen LogP contribution in [0.25, 0.3) is 0 Å². The maximum absolute atomic E-state index is 12.9. The smallest absolute Gasteiger partial charge is 0.338 e. The lowest BCUT2D eigenvalue weighted by Gasteiger charge is -2.19. The quantitative estimate of drug-likeness (QED) is 0.304. The van der Waals surface area contributed by atoms with E-state index in [2.05, 4.69) is 0 Å². The summed E-state index contributed by atoms with van der Waals surface area (Å²) in [5, 5.41) is 0. The normalized spacial score (nSPS) is 15.0. The van der Waals surface area contributed by atoms with E-state index in [4.69, 9.17) is 9.47 Å². The van der Waals surface area contributed by atoms with Crippen molar-refractivity contribution in [1.29, 1.82) is 0 Å². The van der Waals surface area contributed by atoms with Crippen molar-refractivity contribution in [2.75, 3.05) is 25.5 Å². The van der Waals surface area contributed by atoms with Gasteiger partial charge in [-0.3, -0.25) is 0 Å². The van der Waals surface area contributed by atoms with Crippen LogP contribution in [-0.2, 0) is 25.0 Å². The summed E-state index contributed by atoms with van der Waals surface area (Å²) in [4.78, 5) is 25.4. The average Bonchev–Trinajstić information content (AvgIpc) is 2.89. The van der Waals surface area contributed by atoms with Crippen LogP contribution in [0.4, 0.5) is 5.69 Å². The van der Waals surface area contributed by atoms with E-state index >= 15 is 0 Å². The molecule has 0 saturated carbocycles. The third-order valence-electron chi connectivity index (χ3n) is 5.45.